The third kappa shape index (κ3) is 2.89. The molecule has 4 heteroatoms. The molecule has 18 heavy (non-hydrogen) atoms. The van der Waals surface area contributed by atoms with Crippen LogP contribution < -0.4 is 5.73 Å². The smallest absolute Gasteiger partial charge is 0.0624 e. The molecule has 1 nitrogen and oxygen atoms in total. The molecule has 1 heterocycles. The number of hydrogen-bond acceptors (Lipinski definition) is 2. The summed E-state index contributed by atoms with van der Waals surface area (Å²) in [7, 11) is 0. The topological polar surface area (TPSA) is 26.0 Å². The predicted octanol–water partition coefficient (Wildman–Crippen LogP) is 4.86. The summed E-state index contributed by atoms with van der Waals surface area (Å²) >= 11 is 13.9. The van der Waals surface area contributed by atoms with Crippen LogP contribution in [0.15, 0.2) is 29.6 Å². The molecule has 2 aromatic rings. The van der Waals surface area contributed by atoms with Crippen molar-refractivity contribution in [3.8, 4) is 0 Å². The maximum atomic E-state index is 6.28. The average molecular weight is 300 g/mol. The highest BCUT2D eigenvalue weighted by atomic mass is 35.5. The van der Waals surface area contributed by atoms with Gasteiger partial charge in [-0.3, -0.25) is 0 Å². The molecule has 1 aromatic heterocycles. The van der Waals surface area contributed by atoms with Crippen molar-refractivity contribution < 1.29 is 0 Å². The number of thiophene rings is 1. The Labute approximate surface area is 122 Å². The largest absolute Gasteiger partial charge is 0.323 e. The van der Waals surface area contributed by atoms with Crippen molar-refractivity contribution in [1.29, 1.82) is 0 Å². The standard InChI is InChI=1S/C14H15Cl2NS/c1-2-9-6-7-18-14(9)12(17)8-10-4-3-5-11(15)13(10)16/h3-7,12H,2,8,17H2,1H3. The van der Waals surface area contributed by atoms with Crippen LogP contribution in [0, 0.1) is 0 Å². The van der Waals surface area contributed by atoms with E-state index >= 15 is 0 Å². The van der Waals surface area contributed by atoms with Crippen molar-refractivity contribution in [3.63, 3.8) is 0 Å². The molecule has 0 saturated heterocycles. The summed E-state index contributed by atoms with van der Waals surface area (Å²) in [4.78, 5) is 1.24. The summed E-state index contributed by atoms with van der Waals surface area (Å²) in [5, 5.41) is 3.29. The van der Waals surface area contributed by atoms with Crippen molar-refractivity contribution in [2.24, 2.45) is 5.73 Å². The Morgan fingerprint density at radius 2 is 2.00 bits per heavy atom. The predicted molar refractivity (Wildman–Crippen MR) is 80.8 cm³/mol. The quantitative estimate of drug-likeness (QED) is 0.857. The zero-order valence-corrected chi connectivity index (χ0v) is 12.4. The molecule has 0 aliphatic rings. The van der Waals surface area contributed by atoms with Crippen LogP contribution in [-0.2, 0) is 12.8 Å². The van der Waals surface area contributed by atoms with E-state index in [1.807, 2.05) is 12.1 Å². The molecule has 0 saturated carbocycles. The zero-order valence-electron chi connectivity index (χ0n) is 10.1. The molecule has 0 bridgehead atoms. The van der Waals surface area contributed by atoms with E-state index in [1.165, 1.54) is 10.4 Å². The van der Waals surface area contributed by atoms with E-state index in [0.717, 1.165) is 12.0 Å². The van der Waals surface area contributed by atoms with Crippen LogP contribution in [0.4, 0.5) is 0 Å². The molecule has 0 fully saturated rings. The molecule has 1 unspecified atom stereocenters. The van der Waals surface area contributed by atoms with Crippen LogP contribution in [-0.4, -0.2) is 0 Å². The first-order valence-electron chi connectivity index (χ1n) is 5.88. The van der Waals surface area contributed by atoms with Crippen molar-refractivity contribution in [2.75, 3.05) is 0 Å². The van der Waals surface area contributed by atoms with Gasteiger partial charge in [-0.15, -0.1) is 11.3 Å². The number of halogens is 2. The minimum absolute atomic E-state index is 0.0177. The summed E-state index contributed by atoms with van der Waals surface area (Å²) in [5.41, 5.74) is 8.61. The van der Waals surface area contributed by atoms with Crippen LogP contribution >= 0.6 is 34.5 Å². The fourth-order valence-electron chi connectivity index (χ4n) is 2.00. The van der Waals surface area contributed by atoms with Crippen LogP contribution in [0.5, 0.6) is 0 Å². The molecule has 2 rings (SSSR count). The van der Waals surface area contributed by atoms with E-state index in [2.05, 4.69) is 18.4 Å². The van der Waals surface area contributed by atoms with Crippen LogP contribution in [0.3, 0.4) is 0 Å². The number of aryl methyl sites for hydroxylation is 1. The van der Waals surface area contributed by atoms with Crippen LogP contribution in [0.1, 0.15) is 29.0 Å². The van der Waals surface area contributed by atoms with Gasteiger partial charge < -0.3 is 5.73 Å². The lowest BCUT2D eigenvalue weighted by Crippen LogP contribution is -2.13. The van der Waals surface area contributed by atoms with E-state index in [4.69, 9.17) is 28.9 Å². The first-order chi connectivity index (χ1) is 8.63. The Kier molecular flexibility index (Phi) is 4.68. The summed E-state index contributed by atoms with van der Waals surface area (Å²) in [6.45, 7) is 2.14. The average Bonchev–Trinajstić information content (AvgIpc) is 2.83. The van der Waals surface area contributed by atoms with Gasteiger partial charge in [-0.1, -0.05) is 42.3 Å². The Hall–Kier alpha value is -0.540. The number of nitrogens with two attached hydrogens (primary N) is 1. The van der Waals surface area contributed by atoms with Crippen LogP contribution in [0.2, 0.25) is 10.0 Å². The third-order valence-corrected chi connectivity index (χ3v) is 4.92. The lowest BCUT2D eigenvalue weighted by atomic mass is 10.0. The molecule has 0 aliphatic carbocycles. The normalized spacial score (nSPS) is 12.7. The van der Waals surface area contributed by atoms with Crippen molar-refractivity contribution in [2.45, 2.75) is 25.8 Å². The number of benzene rings is 1. The molecule has 0 radical (unpaired) electrons. The fraction of sp³-hybridized carbons (Fsp3) is 0.286. The molecular formula is C14H15Cl2NS. The van der Waals surface area contributed by atoms with Gasteiger partial charge in [0.2, 0.25) is 0 Å². The van der Waals surface area contributed by atoms with Gasteiger partial charge >= 0.3 is 0 Å². The van der Waals surface area contributed by atoms with Crippen molar-refractivity contribution in [3.05, 3.63) is 55.7 Å². The Morgan fingerprint density at radius 3 is 2.72 bits per heavy atom. The maximum Gasteiger partial charge on any atom is 0.0624 e. The highest BCUT2D eigenvalue weighted by Crippen LogP contribution is 2.31. The van der Waals surface area contributed by atoms with Gasteiger partial charge in [0.15, 0.2) is 0 Å². The minimum Gasteiger partial charge on any atom is -0.323 e. The summed E-state index contributed by atoms with van der Waals surface area (Å²) in [6, 6.07) is 7.80. The first-order valence-corrected chi connectivity index (χ1v) is 7.51. The maximum absolute atomic E-state index is 6.28. The van der Waals surface area contributed by atoms with E-state index in [9.17, 15) is 0 Å². The highest BCUT2D eigenvalue weighted by Gasteiger charge is 2.14. The number of hydrogen-bond donors (Lipinski definition) is 1. The van der Waals surface area contributed by atoms with Gasteiger partial charge in [0.05, 0.1) is 10.0 Å². The third-order valence-electron chi connectivity index (χ3n) is 2.97. The molecule has 0 spiro atoms. The molecule has 0 amide bonds. The Balaban J connectivity index is 2.21. The van der Waals surface area contributed by atoms with Gasteiger partial charge in [-0.05, 0) is 41.5 Å². The lowest BCUT2D eigenvalue weighted by Gasteiger charge is -2.13. The Morgan fingerprint density at radius 1 is 1.22 bits per heavy atom. The highest BCUT2D eigenvalue weighted by molar-refractivity contribution is 7.10. The molecule has 1 atom stereocenters. The van der Waals surface area contributed by atoms with Gasteiger partial charge in [-0.25, -0.2) is 0 Å². The van der Waals surface area contributed by atoms with E-state index in [-0.39, 0.29) is 6.04 Å². The molecular weight excluding hydrogens is 285 g/mol. The molecule has 2 N–H and O–H groups in total. The van der Waals surface area contributed by atoms with Gasteiger partial charge in [-0.2, -0.15) is 0 Å². The van der Waals surface area contributed by atoms with Crippen molar-refractivity contribution in [1.82, 2.24) is 0 Å². The van der Waals surface area contributed by atoms with Crippen LogP contribution in [0.25, 0.3) is 0 Å². The Bertz CT molecular complexity index is 536. The van der Waals surface area contributed by atoms with Gasteiger partial charge in [0, 0.05) is 10.9 Å². The second-order valence-electron chi connectivity index (χ2n) is 4.19. The van der Waals surface area contributed by atoms with Gasteiger partial charge in [0.1, 0.15) is 0 Å². The summed E-state index contributed by atoms with van der Waals surface area (Å²) in [6.07, 6.45) is 1.72. The minimum atomic E-state index is -0.0177. The summed E-state index contributed by atoms with van der Waals surface area (Å²) in [5.74, 6) is 0. The second kappa shape index (κ2) is 6.07. The van der Waals surface area contributed by atoms with E-state index in [1.54, 1.807) is 17.4 Å². The van der Waals surface area contributed by atoms with E-state index in [0.29, 0.717) is 16.5 Å². The van der Waals surface area contributed by atoms with Gasteiger partial charge in [0.25, 0.3) is 0 Å². The molecule has 1 aromatic carbocycles. The SMILES string of the molecule is CCc1ccsc1C(N)Cc1cccc(Cl)c1Cl. The first kappa shape index (κ1) is 13.9. The molecule has 0 aliphatic heterocycles. The number of rotatable bonds is 4. The van der Waals surface area contributed by atoms with E-state index < -0.39 is 0 Å². The lowest BCUT2D eigenvalue weighted by molar-refractivity contribution is 0.728. The monoisotopic (exact) mass is 299 g/mol. The molecule has 96 valence electrons. The van der Waals surface area contributed by atoms with Crippen molar-refractivity contribution >= 4 is 34.5 Å². The second-order valence-corrected chi connectivity index (χ2v) is 5.92. The summed E-state index contributed by atoms with van der Waals surface area (Å²) < 4.78 is 0. The fourth-order valence-corrected chi connectivity index (χ4v) is 3.40. The zero-order chi connectivity index (χ0) is 13.1.